The molecule has 0 fully saturated rings. The van der Waals surface area contributed by atoms with Crippen molar-refractivity contribution in [3.05, 3.63) is 89.5 Å². The Labute approximate surface area is 237 Å². The number of ether oxygens (including phenoxy) is 1. The number of hydrogen-bond donors (Lipinski definition) is 7. The van der Waals surface area contributed by atoms with Crippen LogP contribution in [0.2, 0.25) is 0 Å². The van der Waals surface area contributed by atoms with Gasteiger partial charge in [0.15, 0.2) is 23.0 Å². The van der Waals surface area contributed by atoms with Gasteiger partial charge < -0.3 is 41.1 Å². The van der Waals surface area contributed by atoms with Crippen LogP contribution >= 0.6 is 0 Å². The van der Waals surface area contributed by atoms with Gasteiger partial charge in [-0.25, -0.2) is 4.79 Å². The summed E-state index contributed by atoms with van der Waals surface area (Å²) in [4.78, 5) is 37.5. The molecular formula is C30H33N3O8. The smallest absolute Gasteiger partial charge is 0.407 e. The number of carbonyl (C=O) groups is 3. The number of phenols is 4. The van der Waals surface area contributed by atoms with Crippen molar-refractivity contribution in [3.63, 3.8) is 0 Å². The van der Waals surface area contributed by atoms with Crippen LogP contribution in [0, 0.1) is 0 Å². The molecule has 3 rings (SSSR count). The van der Waals surface area contributed by atoms with E-state index in [1.165, 1.54) is 42.5 Å². The quantitative estimate of drug-likeness (QED) is 0.0942. The van der Waals surface area contributed by atoms with Crippen molar-refractivity contribution in [2.24, 2.45) is 0 Å². The van der Waals surface area contributed by atoms with E-state index in [1.54, 1.807) is 6.07 Å². The molecule has 216 valence electrons. The van der Waals surface area contributed by atoms with Gasteiger partial charge in [-0.1, -0.05) is 42.5 Å². The van der Waals surface area contributed by atoms with Crippen LogP contribution in [0.3, 0.4) is 0 Å². The minimum Gasteiger partial charge on any atom is -0.504 e. The van der Waals surface area contributed by atoms with Gasteiger partial charge in [-0.15, -0.1) is 0 Å². The van der Waals surface area contributed by atoms with Gasteiger partial charge in [0.25, 0.3) is 0 Å². The van der Waals surface area contributed by atoms with Crippen LogP contribution in [0.4, 0.5) is 4.79 Å². The summed E-state index contributed by atoms with van der Waals surface area (Å²) >= 11 is 0. The Balaban J connectivity index is 1.52. The molecule has 3 amide bonds. The normalized spacial score (nSPS) is 11.5. The lowest BCUT2D eigenvalue weighted by atomic mass is 10.1. The van der Waals surface area contributed by atoms with Crippen LogP contribution in [0.5, 0.6) is 23.0 Å². The summed E-state index contributed by atoms with van der Waals surface area (Å²) in [6.07, 6.45) is 2.97. The molecule has 0 unspecified atom stereocenters. The number of benzene rings is 3. The van der Waals surface area contributed by atoms with Crippen LogP contribution < -0.4 is 16.0 Å². The summed E-state index contributed by atoms with van der Waals surface area (Å²) in [7, 11) is 0. The fraction of sp³-hybridized carbons (Fsp3) is 0.233. The van der Waals surface area contributed by atoms with Gasteiger partial charge in [0.1, 0.15) is 12.6 Å². The topological polar surface area (TPSA) is 177 Å². The molecule has 0 aromatic heterocycles. The second-order valence-corrected chi connectivity index (χ2v) is 9.14. The molecule has 1 atom stereocenters. The van der Waals surface area contributed by atoms with E-state index in [0.717, 1.165) is 5.56 Å². The predicted octanol–water partition coefficient (Wildman–Crippen LogP) is 3.07. The minimum atomic E-state index is -0.921. The Hall–Kier alpha value is -5.19. The molecule has 41 heavy (non-hydrogen) atoms. The summed E-state index contributed by atoms with van der Waals surface area (Å²) in [6.45, 7) is 0.544. The van der Waals surface area contributed by atoms with E-state index in [9.17, 15) is 34.8 Å². The van der Waals surface area contributed by atoms with E-state index in [-0.39, 0.29) is 49.1 Å². The Bertz CT molecular complexity index is 1360. The van der Waals surface area contributed by atoms with E-state index in [0.29, 0.717) is 24.0 Å². The molecule has 0 saturated heterocycles. The first-order valence-electron chi connectivity index (χ1n) is 12.9. The number of alkyl carbamates (subject to hydrolysis) is 1. The maximum absolute atomic E-state index is 12.9. The molecular weight excluding hydrogens is 530 g/mol. The molecule has 0 heterocycles. The van der Waals surface area contributed by atoms with Gasteiger partial charge >= 0.3 is 6.09 Å². The van der Waals surface area contributed by atoms with E-state index in [2.05, 4.69) is 16.0 Å². The fourth-order valence-corrected chi connectivity index (χ4v) is 3.75. The Morgan fingerprint density at radius 3 is 2.20 bits per heavy atom. The van der Waals surface area contributed by atoms with E-state index in [4.69, 9.17) is 4.74 Å². The van der Waals surface area contributed by atoms with E-state index in [1.807, 2.05) is 30.3 Å². The predicted molar refractivity (Wildman–Crippen MR) is 151 cm³/mol. The molecule has 3 aromatic carbocycles. The van der Waals surface area contributed by atoms with Crippen molar-refractivity contribution in [1.29, 1.82) is 0 Å². The lowest BCUT2D eigenvalue weighted by molar-refractivity contribution is -0.127. The number of hydrogen-bond acceptors (Lipinski definition) is 8. The SMILES string of the molecule is O=C(C=Cc1ccc(O)c(O)c1)N[C@@H](CCCNC(=O)OCc1ccccc1)C(=O)NCCc1ccc(O)c(O)c1. The van der Waals surface area contributed by atoms with E-state index < -0.39 is 23.9 Å². The van der Waals surface area contributed by atoms with Gasteiger partial charge in [0, 0.05) is 19.2 Å². The zero-order valence-electron chi connectivity index (χ0n) is 22.2. The highest BCUT2D eigenvalue weighted by atomic mass is 16.5. The highest BCUT2D eigenvalue weighted by molar-refractivity contribution is 5.95. The molecule has 0 aliphatic rings. The maximum Gasteiger partial charge on any atom is 0.407 e. The van der Waals surface area contributed by atoms with Crippen molar-refractivity contribution in [3.8, 4) is 23.0 Å². The molecule has 0 saturated carbocycles. The second kappa shape index (κ2) is 15.4. The van der Waals surface area contributed by atoms with Crippen molar-refractivity contribution < 1.29 is 39.5 Å². The summed E-state index contributed by atoms with van der Waals surface area (Å²) in [6, 6.07) is 16.7. The molecule has 11 heteroatoms. The average Bonchev–Trinajstić information content (AvgIpc) is 2.96. The molecule has 0 spiro atoms. The molecule has 11 nitrogen and oxygen atoms in total. The first-order chi connectivity index (χ1) is 19.7. The molecule has 3 aromatic rings. The summed E-state index contributed by atoms with van der Waals surface area (Å²) < 4.78 is 5.17. The van der Waals surface area contributed by atoms with Crippen molar-refractivity contribution in [2.45, 2.75) is 31.9 Å². The van der Waals surface area contributed by atoms with Crippen LogP contribution in [0.15, 0.2) is 72.8 Å². The highest BCUT2D eigenvalue weighted by Crippen LogP contribution is 2.26. The third-order valence-corrected chi connectivity index (χ3v) is 5.96. The fourth-order valence-electron chi connectivity index (χ4n) is 3.75. The van der Waals surface area contributed by atoms with Gasteiger partial charge in [-0.3, -0.25) is 9.59 Å². The largest absolute Gasteiger partial charge is 0.504 e. The lowest BCUT2D eigenvalue weighted by Gasteiger charge is -2.18. The summed E-state index contributed by atoms with van der Waals surface area (Å²) in [5, 5.41) is 46.2. The van der Waals surface area contributed by atoms with Crippen molar-refractivity contribution in [2.75, 3.05) is 13.1 Å². The average molecular weight is 564 g/mol. The second-order valence-electron chi connectivity index (χ2n) is 9.14. The lowest BCUT2D eigenvalue weighted by Crippen LogP contribution is -2.47. The molecule has 0 aliphatic heterocycles. The van der Waals surface area contributed by atoms with Gasteiger partial charge in [-0.05, 0) is 66.3 Å². The molecule has 0 radical (unpaired) electrons. The molecule has 0 bridgehead atoms. The summed E-state index contributed by atoms with van der Waals surface area (Å²) in [5.41, 5.74) is 2.01. The number of carbonyl (C=O) groups excluding carboxylic acids is 3. The third kappa shape index (κ3) is 10.5. The first-order valence-corrected chi connectivity index (χ1v) is 12.9. The monoisotopic (exact) mass is 563 g/mol. The van der Waals surface area contributed by atoms with Gasteiger partial charge in [0.2, 0.25) is 11.8 Å². The third-order valence-electron chi connectivity index (χ3n) is 5.96. The minimum absolute atomic E-state index is 0.123. The van der Waals surface area contributed by atoms with Crippen LogP contribution in [-0.2, 0) is 27.4 Å². The summed E-state index contributed by atoms with van der Waals surface area (Å²) in [5.74, 6) is -2.12. The number of aromatic hydroxyl groups is 4. The maximum atomic E-state index is 12.9. The van der Waals surface area contributed by atoms with Gasteiger partial charge in [0.05, 0.1) is 0 Å². The van der Waals surface area contributed by atoms with Crippen LogP contribution in [-0.4, -0.2) is 57.5 Å². The van der Waals surface area contributed by atoms with Crippen molar-refractivity contribution >= 4 is 24.0 Å². The van der Waals surface area contributed by atoms with Crippen molar-refractivity contribution in [1.82, 2.24) is 16.0 Å². The zero-order chi connectivity index (χ0) is 29.6. The Kier molecular flexibility index (Phi) is 11.4. The highest BCUT2D eigenvalue weighted by Gasteiger charge is 2.19. The Morgan fingerprint density at radius 2 is 1.49 bits per heavy atom. The number of phenolic OH excluding ortho intramolecular Hbond substituents is 4. The number of nitrogens with one attached hydrogen (secondary N) is 3. The van der Waals surface area contributed by atoms with Crippen LogP contribution in [0.25, 0.3) is 6.08 Å². The van der Waals surface area contributed by atoms with E-state index >= 15 is 0 Å². The van der Waals surface area contributed by atoms with Crippen LogP contribution in [0.1, 0.15) is 29.5 Å². The number of rotatable bonds is 13. The first kappa shape index (κ1) is 30.4. The standard InChI is InChI=1S/C30H33N3O8/c34-24-11-8-20(17-26(24)36)10-13-28(38)33-23(29(39)31-16-14-21-9-12-25(35)27(37)18-21)7-4-15-32-30(40)41-19-22-5-2-1-3-6-22/h1-3,5-6,8-13,17-18,23,34-37H,4,7,14-16,19H2,(H,31,39)(H,32,40)(H,33,38)/t23-/m0/s1. The molecule has 7 N–H and O–H groups in total. The zero-order valence-corrected chi connectivity index (χ0v) is 22.2. The number of amides is 3. The Morgan fingerprint density at radius 1 is 0.780 bits per heavy atom. The molecule has 0 aliphatic carbocycles. The van der Waals surface area contributed by atoms with Gasteiger partial charge in [-0.2, -0.15) is 0 Å².